The average Bonchev–Trinajstić information content (AvgIpc) is 2.38. The number of hydrogen-bond donors (Lipinski definition) is 1. The molecule has 0 unspecified atom stereocenters. The Hall–Kier alpha value is -1.47. The Labute approximate surface area is 112 Å². The highest BCUT2D eigenvalue weighted by molar-refractivity contribution is 5.85. The number of rotatable bonds is 10. The Morgan fingerprint density at radius 1 is 1.16 bits per heavy atom. The molecule has 0 fully saturated rings. The van der Waals surface area contributed by atoms with E-state index >= 15 is 0 Å². The maximum Gasteiger partial charge on any atom is 0.328 e. The number of amides is 1. The van der Waals surface area contributed by atoms with Gasteiger partial charge in [0.2, 0.25) is 5.91 Å². The molecule has 0 aliphatic heterocycles. The van der Waals surface area contributed by atoms with Crippen molar-refractivity contribution in [2.24, 2.45) is 0 Å². The fourth-order valence-corrected chi connectivity index (χ4v) is 1.28. The van der Waals surface area contributed by atoms with Crippen molar-refractivity contribution >= 4 is 17.7 Å². The second-order valence-corrected chi connectivity index (χ2v) is 3.93. The van der Waals surface area contributed by atoms with Gasteiger partial charge in [-0.25, -0.2) is 4.79 Å². The molecule has 0 aliphatic rings. The summed E-state index contributed by atoms with van der Waals surface area (Å²) in [4.78, 5) is 33.8. The lowest BCUT2D eigenvalue weighted by molar-refractivity contribution is -0.146. The number of esters is 1. The first kappa shape index (κ1) is 17.5. The van der Waals surface area contributed by atoms with Gasteiger partial charge in [-0.2, -0.15) is 0 Å². The molecule has 0 rings (SSSR count). The average molecular weight is 275 g/mol. The van der Waals surface area contributed by atoms with E-state index in [1.165, 1.54) is 21.1 Å². The largest absolute Gasteiger partial charge is 0.467 e. The smallest absolute Gasteiger partial charge is 0.328 e. The summed E-state index contributed by atoms with van der Waals surface area (Å²) in [6.07, 6.45) is 0.413. The molecule has 0 bridgehead atoms. The second-order valence-electron chi connectivity index (χ2n) is 3.93. The van der Waals surface area contributed by atoms with E-state index in [1.807, 2.05) is 0 Å². The fourth-order valence-electron chi connectivity index (χ4n) is 1.28. The molecule has 0 radical (unpaired) electrons. The Balaban J connectivity index is 4.11. The number of nitrogens with one attached hydrogen (secondary N) is 1. The van der Waals surface area contributed by atoms with E-state index in [0.29, 0.717) is 13.2 Å². The van der Waals surface area contributed by atoms with Crippen LogP contribution in [-0.4, -0.2) is 57.7 Å². The summed E-state index contributed by atoms with van der Waals surface area (Å²) in [7, 11) is 2.75. The van der Waals surface area contributed by atoms with Crippen LogP contribution in [0, 0.1) is 0 Å². The quantitative estimate of drug-likeness (QED) is 0.434. The van der Waals surface area contributed by atoms with E-state index in [0.717, 1.165) is 0 Å². The molecule has 0 saturated heterocycles. The van der Waals surface area contributed by atoms with Crippen LogP contribution in [-0.2, 0) is 28.6 Å². The van der Waals surface area contributed by atoms with Gasteiger partial charge in [0.15, 0.2) is 0 Å². The zero-order valence-electron chi connectivity index (χ0n) is 11.6. The lowest BCUT2D eigenvalue weighted by Crippen LogP contribution is -2.43. The summed E-state index contributed by atoms with van der Waals surface area (Å²) in [5.74, 6) is -1.07. The summed E-state index contributed by atoms with van der Waals surface area (Å²) < 4.78 is 14.3. The van der Waals surface area contributed by atoms with Gasteiger partial charge in [-0.15, -0.1) is 0 Å². The molecule has 7 nitrogen and oxygen atoms in total. The second kappa shape index (κ2) is 10.5. The third-order valence-corrected chi connectivity index (χ3v) is 2.27. The van der Waals surface area contributed by atoms with Crippen LogP contribution in [0.5, 0.6) is 0 Å². The molecule has 110 valence electrons. The maximum absolute atomic E-state index is 11.5. The summed E-state index contributed by atoms with van der Waals surface area (Å²) in [5, 5.41) is 2.47. The van der Waals surface area contributed by atoms with Crippen molar-refractivity contribution < 1.29 is 28.6 Å². The molecule has 1 atom stereocenters. The molecule has 19 heavy (non-hydrogen) atoms. The third kappa shape index (κ3) is 9.15. The normalized spacial score (nSPS) is 11.7. The predicted molar refractivity (Wildman–Crippen MR) is 66.6 cm³/mol. The van der Waals surface area contributed by atoms with Crippen LogP contribution in [0.15, 0.2) is 0 Å². The lowest BCUT2D eigenvalue weighted by atomic mass is 10.1. The van der Waals surface area contributed by atoms with Gasteiger partial charge in [-0.1, -0.05) is 0 Å². The first-order valence-corrected chi connectivity index (χ1v) is 5.94. The van der Waals surface area contributed by atoms with Crippen LogP contribution in [0.2, 0.25) is 0 Å². The van der Waals surface area contributed by atoms with Crippen molar-refractivity contribution in [3.63, 3.8) is 0 Å². The van der Waals surface area contributed by atoms with Crippen molar-refractivity contribution in [1.29, 1.82) is 0 Å². The van der Waals surface area contributed by atoms with Crippen LogP contribution >= 0.6 is 0 Å². The number of Topliss-reactive ketones (excluding diaryl/α,β-unsaturated/α-hetero) is 1. The van der Waals surface area contributed by atoms with Gasteiger partial charge in [0.05, 0.1) is 20.3 Å². The lowest BCUT2D eigenvalue weighted by Gasteiger charge is -2.15. The van der Waals surface area contributed by atoms with Gasteiger partial charge in [0.1, 0.15) is 18.4 Å². The summed E-state index contributed by atoms with van der Waals surface area (Å²) in [5.41, 5.74) is 0. The van der Waals surface area contributed by atoms with Crippen molar-refractivity contribution in [3.05, 3.63) is 0 Å². The minimum absolute atomic E-state index is 0.0560. The number of ether oxygens (including phenoxy) is 3. The van der Waals surface area contributed by atoms with Crippen LogP contribution < -0.4 is 5.32 Å². The topological polar surface area (TPSA) is 90.9 Å². The third-order valence-electron chi connectivity index (χ3n) is 2.27. The molecule has 0 saturated carbocycles. The molecular formula is C12H21NO6. The summed E-state index contributed by atoms with van der Waals surface area (Å²) in [6, 6.07) is -0.826. The summed E-state index contributed by atoms with van der Waals surface area (Å²) >= 11 is 0. The van der Waals surface area contributed by atoms with Gasteiger partial charge in [-0.3, -0.25) is 4.79 Å². The standard InChI is InChI=1S/C12H21NO6/c1-9(14)4-5-10(12(16)18-3)13-11(15)8-19-7-6-17-2/h10H,4-8H2,1-3H3,(H,13,15)/t10-/m0/s1. The molecule has 1 amide bonds. The van der Waals surface area contributed by atoms with Gasteiger partial charge in [0.25, 0.3) is 0 Å². The molecule has 1 N–H and O–H groups in total. The van der Waals surface area contributed by atoms with Crippen LogP contribution in [0.25, 0.3) is 0 Å². The van der Waals surface area contributed by atoms with Crippen molar-refractivity contribution in [2.45, 2.75) is 25.8 Å². The SMILES string of the molecule is COCCOCC(=O)N[C@@H](CCC(C)=O)C(=O)OC. The van der Waals surface area contributed by atoms with Crippen molar-refractivity contribution in [1.82, 2.24) is 5.32 Å². The van der Waals surface area contributed by atoms with Gasteiger partial charge < -0.3 is 24.3 Å². The number of carbonyl (C=O) groups is 3. The van der Waals surface area contributed by atoms with Gasteiger partial charge in [-0.05, 0) is 13.3 Å². The van der Waals surface area contributed by atoms with E-state index in [4.69, 9.17) is 9.47 Å². The minimum atomic E-state index is -0.826. The zero-order valence-corrected chi connectivity index (χ0v) is 11.6. The van der Waals surface area contributed by atoms with E-state index < -0.39 is 17.9 Å². The van der Waals surface area contributed by atoms with Gasteiger partial charge >= 0.3 is 5.97 Å². The highest BCUT2D eigenvalue weighted by atomic mass is 16.5. The Kier molecular flexibility index (Phi) is 9.64. The molecule has 7 heteroatoms. The van der Waals surface area contributed by atoms with E-state index in [-0.39, 0.29) is 25.2 Å². The van der Waals surface area contributed by atoms with Crippen LogP contribution in [0.4, 0.5) is 0 Å². The number of methoxy groups -OCH3 is 2. The Morgan fingerprint density at radius 2 is 1.84 bits per heavy atom. The van der Waals surface area contributed by atoms with Gasteiger partial charge in [0, 0.05) is 13.5 Å². The molecule has 0 aromatic heterocycles. The first-order chi connectivity index (χ1) is 9.01. The molecule has 0 spiro atoms. The summed E-state index contributed by atoms with van der Waals surface area (Å²) in [6.45, 7) is 1.93. The molecule has 0 aromatic rings. The molecule has 0 heterocycles. The predicted octanol–water partition coefficient (Wildman–Crippen LogP) is -0.324. The number of carbonyl (C=O) groups excluding carboxylic acids is 3. The van der Waals surface area contributed by atoms with Crippen molar-refractivity contribution in [2.75, 3.05) is 34.0 Å². The van der Waals surface area contributed by atoms with Crippen LogP contribution in [0.3, 0.4) is 0 Å². The van der Waals surface area contributed by atoms with Crippen molar-refractivity contribution in [3.8, 4) is 0 Å². The first-order valence-electron chi connectivity index (χ1n) is 5.94. The monoisotopic (exact) mass is 275 g/mol. The fraction of sp³-hybridized carbons (Fsp3) is 0.750. The molecule has 0 aromatic carbocycles. The van der Waals surface area contributed by atoms with E-state index in [1.54, 1.807) is 0 Å². The van der Waals surface area contributed by atoms with E-state index in [2.05, 4.69) is 10.1 Å². The zero-order chi connectivity index (χ0) is 14.7. The number of hydrogen-bond acceptors (Lipinski definition) is 6. The highest BCUT2D eigenvalue weighted by Crippen LogP contribution is 2.00. The number of ketones is 1. The highest BCUT2D eigenvalue weighted by Gasteiger charge is 2.21. The van der Waals surface area contributed by atoms with Crippen LogP contribution in [0.1, 0.15) is 19.8 Å². The maximum atomic E-state index is 11.5. The molecular weight excluding hydrogens is 254 g/mol. The Morgan fingerprint density at radius 3 is 2.37 bits per heavy atom. The molecule has 0 aliphatic carbocycles. The Bertz CT molecular complexity index is 305. The minimum Gasteiger partial charge on any atom is -0.467 e. The van der Waals surface area contributed by atoms with E-state index in [9.17, 15) is 14.4 Å².